The molecule has 0 spiro atoms. The topological polar surface area (TPSA) is 80.0 Å². The second-order valence-corrected chi connectivity index (χ2v) is 7.18. The monoisotopic (exact) mass is 433 g/mol. The molecule has 6 nitrogen and oxygen atoms in total. The van der Waals surface area contributed by atoms with Crippen molar-refractivity contribution in [2.45, 2.75) is 12.6 Å². The first kappa shape index (κ1) is 21.1. The molecule has 162 valence electrons. The van der Waals surface area contributed by atoms with Crippen molar-refractivity contribution in [3.05, 3.63) is 108 Å². The number of ether oxygens (including phenoxy) is 1. The SMILES string of the molecule is C=CCOc1ccc(C2/C(=C(\O)c3ccc(F)cc3)C(=O)C(=O)N2Cc2ccco2)cc1. The number of ketones is 1. The molecule has 1 aliphatic heterocycles. The summed E-state index contributed by atoms with van der Waals surface area (Å²) in [4.78, 5) is 27.2. The zero-order valence-electron chi connectivity index (χ0n) is 17.0. The first-order valence-corrected chi connectivity index (χ1v) is 9.90. The normalized spacial score (nSPS) is 17.5. The van der Waals surface area contributed by atoms with E-state index >= 15 is 0 Å². The van der Waals surface area contributed by atoms with Crippen LogP contribution in [0.15, 0.2) is 89.6 Å². The number of hydrogen-bond acceptors (Lipinski definition) is 5. The van der Waals surface area contributed by atoms with Gasteiger partial charge in [0.15, 0.2) is 0 Å². The number of benzene rings is 2. The van der Waals surface area contributed by atoms with Crippen molar-refractivity contribution in [2.75, 3.05) is 6.61 Å². The molecule has 1 saturated heterocycles. The number of carbonyl (C=O) groups excluding carboxylic acids is 2. The van der Waals surface area contributed by atoms with Crippen LogP contribution in [0.25, 0.3) is 5.76 Å². The number of aliphatic hydroxyl groups is 1. The van der Waals surface area contributed by atoms with E-state index in [-0.39, 0.29) is 23.4 Å². The highest BCUT2D eigenvalue weighted by Gasteiger charge is 2.46. The van der Waals surface area contributed by atoms with Crippen LogP contribution in [0.5, 0.6) is 5.75 Å². The number of halogens is 1. The van der Waals surface area contributed by atoms with Gasteiger partial charge in [-0.25, -0.2) is 4.39 Å². The molecule has 0 saturated carbocycles. The van der Waals surface area contributed by atoms with E-state index in [9.17, 15) is 19.1 Å². The van der Waals surface area contributed by atoms with Crippen LogP contribution in [0.2, 0.25) is 0 Å². The third kappa shape index (κ3) is 4.05. The van der Waals surface area contributed by atoms with Crippen molar-refractivity contribution in [3.63, 3.8) is 0 Å². The van der Waals surface area contributed by atoms with Crippen molar-refractivity contribution in [1.82, 2.24) is 4.90 Å². The molecule has 1 atom stereocenters. The lowest BCUT2D eigenvalue weighted by atomic mass is 9.95. The number of Topliss-reactive ketones (excluding diaryl/α,β-unsaturated/α-hetero) is 1. The van der Waals surface area contributed by atoms with Gasteiger partial charge < -0.3 is 19.2 Å². The highest BCUT2D eigenvalue weighted by Crippen LogP contribution is 2.40. The Bertz CT molecular complexity index is 1160. The molecular formula is C25H20FNO5. The predicted octanol–water partition coefficient (Wildman–Crippen LogP) is 4.61. The van der Waals surface area contributed by atoms with E-state index in [4.69, 9.17) is 9.15 Å². The van der Waals surface area contributed by atoms with Gasteiger partial charge in [0.2, 0.25) is 0 Å². The minimum Gasteiger partial charge on any atom is -0.507 e. The standard InChI is InChI=1S/C25H20FNO5/c1-2-13-31-19-11-7-16(8-12-19)22-21(23(28)17-5-9-18(26)10-6-17)24(29)25(30)27(22)15-20-4-3-14-32-20/h2-12,14,22,28H,1,13,15H2/b23-21+. The molecule has 0 radical (unpaired) electrons. The van der Waals surface area contributed by atoms with Crippen LogP contribution in [-0.2, 0) is 16.1 Å². The Morgan fingerprint density at radius 3 is 2.47 bits per heavy atom. The van der Waals surface area contributed by atoms with E-state index in [1.807, 2.05) is 0 Å². The Kier molecular flexibility index (Phi) is 5.89. The van der Waals surface area contributed by atoms with Crippen LogP contribution in [0.3, 0.4) is 0 Å². The third-order valence-corrected chi connectivity index (χ3v) is 5.13. The molecule has 3 aromatic rings. The van der Waals surface area contributed by atoms with E-state index in [0.29, 0.717) is 23.7 Å². The van der Waals surface area contributed by atoms with Crippen LogP contribution in [0, 0.1) is 5.82 Å². The van der Waals surface area contributed by atoms with Crippen molar-refractivity contribution in [2.24, 2.45) is 0 Å². The molecule has 32 heavy (non-hydrogen) atoms. The van der Waals surface area contributed by atoms with E-state index < -0.39 is 23.5 Å². The molecule has 2 heterocycles. The fraction of sp³-hybridized carbons (Fsp3) is 0.120. The Labute approximate surface area is 183 Å². The zero-order valence-corrected chi connectivity index (χ0v) is 17.0. The molecule has 2 aromatic carbocycles. The summed E-state index contributed by atoms with van der Waals surface area (Å²) in [5.41, 5.74) is 0.761. The van der Waals surface area contributed by atoms with Crippen LogP contribution in [0.4, 0.5) is 4.39 Å². The summed E-state index contributed by atoms with van der Waals surface area (Å²) in [6.07, 6.45) is 3.10. The first-order valence-electron chi connectivity index (χ1n) is 9.90. The van der Waals surface area contributed by atoms with Crippen LogP contribution < -0.4 is 4.74 Å². The van der Waals surface area contributed by atoms with Crippen molar-refractivity contribution in [1.29, 1.82) is 0 Å². The Balaban J connectivity index is 1.80. The van der Waals surface area contributed by atoms with Gasteiger partial charge in [0.1, 0.15) is 29.7 Å². The number of aliphatic hydroxyl groups excluding tert-OH is 1. The van der Waals surface area contributed by atoms with Crippen LogP contribution in [0.1, 0.15) is 22.9 Å². The molecule has 0 bridgehead atoms. The summed E-state index contributed by atoms with van der Waals surface area (Å²) in [5, 5.41) is 10.9. The number of amides is 1. The van der Waals surface area contributed by atoms with Crippen molar-refractivity contribution in [3.8, 4) is 5.75 Å². The summed E-state index contributed by atoms with van der Waals surface area (Å²) in [7, 11) is 0. The number of furan rings is 1. The molecular weight excluding hydrogens is 413 g/mol. The van der Waals surface area contributed by atoms with E-state index in [1.165, 1.54) is 35.4 Å². The van der Waals surface area contributed by atoms with Gasteiger partial charge in [0.05, 0.1) is 24.4 Å². The zero-order chi connectivity index (χ0) is 22.7. The van der Waals surface area contributed by atoms with Gasteiger partial charge in [0, 0.05) is 5.56 Å². The van der Waals surface area contributed by atoms with Crippen molar-refractivity contribution < 1.29 is 28.2 Å². The molecule has 1 aromatic heterocycles. The summed E-state index contributed by atoms with van der Waals surface area (Å²) < 4.78 is 24.2. The van der Waals surface area contributed by atoms with Gasteiger partial charge in [-0.1, -0.05) is 24.8 Å². The van der Waals surface area contributed by atoms with Gasteiger partial charge in [0.25, 0.3) is 11.7 Å². The molecule has 1 unspecified atom stereocenters. The molecule has 7 heteroatoms. The van der Waals surface area contributed by atoms with Crippen LogP contribution in [-0.4, -0.2) is 28.3 Å². The minimum atomic E-state index is -0.862. The second-order valence-electron chi connectivity index (χ2n) is 7.18. The highest BCUT2D eigenvalue weighted by atomic mass is 19.1. The van der Waals surface area contributed by atoms with Gasteiger partial charge >= 0.3 is 0 Å². The predicted molar refractivity (Wildman–Crippen MR) is 115 cm³/mol. The molecule has 4 rings (SSSR count). The number of nitrogens with zero attached hydrogens (tertiary/aromatic N) is 1. The lowest BCUT2D eigenvalue weighted by Crippen LogP contribution is -2.29. The summed E-state index contributed by atoms with van der Waals surface area (Å²) in [5.74, 6) is -1.36. The summed E-state index contributed by atoms with van der Waals surface area (Å²) >= 11 is 0. The molecule has 1 aliphatic rings. The largest absolute Gasteiger partial charge is 0.507 e. The second kappa shape index (κ2) is 8.93. The lowest BCUT2D eigenvalue weighted by Gasteiger charge is -2.24. The van der Waals surface area contributed by atoms with E-state index in [2.05, 4.69) is 6.58 Å². The number of rotatable bonds is 7. The molecule has 1 N–H and O–H groups in total. The molecule has 1 fully saturated rings. The van der Waals surface area contributed by atoms with Crippen molar-refractivity contribution >= 4 is 17.4 Å². The van der Waals surface area contributed by atoms with Crippen LogP contribution >= 0.6 is 0 Å². The van der Waals surface area contributed by atoms with Gasteiger partial charge in [-0.15, -0.1) is 0 Å². The average molecular weight is 433 g/mol. The summed E-state index contributed by atoms with van der Waals surface area (Å²) in [6, 6.07) is 14.5. The number of hydrogen-bond donors (Lipinski definition) is 1. The summed E-state index contributed by atoms with van der Waals surface area (Å²) in [6.45, 7) is 3.98. The smallest absolute Gasteiger partial charge is 0.296 e. The maximum absolute atomic E-state index is 13.4. The fourth-order valence-corrected chi connectivity index (χ4v) is 3.62. The third-order valence-electron chi connectivity index (χ3n) is 5.13. The minimum absolute atomic E-state index is 0.0388. The Hall–Kier alpha value is -4.13. The highest BCUT2D eigenvalue weighted by molar-refractivity contribution is 6.46. The Morgan fingerprint density at radius 1 is 1.12 bits per heavy atom. The maximum Gasteiger partial charge on any atom is 0.296 e. The van der Waals surface area contributed by atoms with Gasteiger partial charge in [-0.2, -0.15) is 0 Å². The van der Waals surface area contributed by atoms with Gasteiger partial charge in [-0.05, 0) is 54.1 Å². The maximum atomic E-state index is 13.4. The van der Waals surface area contributed by atoms with Gasteiger partial charge in [-0.3, -0.25) is 9.59 Å². The molecule has 1 amide bonds. The fourth-order valence-electron chi connectivity index (χ4n) is 3.62. The van der Waals surface area contributed by atoms with E-state index in [0.717, 1.165) is 0 Å². The lowest BCUT2D eigenvalue weighted by molar-refractivity contribution is -0.140. The Morgan fingerprint density at radius 2 is 1.84 bits per heavy atom. The first-order chi connectivity index (χ1) is 15.5. The molecule has 0 aliphatic carbocycles. The quantitative estimate of drug-likeness (QED) is 0.255. The van der Waals surface area contributed by atoms with E-state index in [1.54, 1.807) is 42.5 Å². The number of likely N-dealkylation sites (tertiary alicyclic amines) is 1. The number of carbonyl (C=O) groups is 2. The average Bonchev–Trinajstić information content (AvgIpc) is 3.40.